The third-order valence-corrected chi connectivity index (χ3v) is 3.72. The number of aromatic nitrogens is 1. The molecule has 0 saturated heterocycles. The van der Waals surface area contributed by atoms with Crippen molar-refractivity contribution in [2.45, 2.75) is 13.8 Å². The first-order valence-corrected chi connectivity index (χ1v) is 6.17. The summed E-state index contributed by atoms with van der Waals surface area (Å²) in [5.41, 5.74) is 2.30. The van der Waals surface area contributed by atoms with Gasteiger partial charge < -0.3 is 4.90 Å². The van der Waals surface area contributed by atoms with E-state index in [1.807, 2.05) is 24.1 Å². The van der Waals surface area contributed by atoms with E-state index < -0.39 is 0 Å². The minimum Gasteiger partial charge on any atom is -0.321 e. The maximum absolute atomic E-state index is 11.2. The number of carbonyl (C=O) groups is 1. The Morgan fingerprint density at radius 3 is 2.47 bits per heavy atom. The van der Waals surface area contributed by atoms with Crippen LogP contribution >= 0.6 is 11.3 Å². The van der Waals surface area contributed by atoms with Crippen LogP contribution in [0.25, 0.3) is 0 Å². The van der Waals surface area contributed by atoms with Gasteiger partial charge in [0, 0.05) is 19.7 Å². The Morgan fingerprint density at radius 2 is 1.94 bits per heavy atom. The highest BCUT2D eigenvalue weighted by molar-refractivity contribution is 7.17. The van der Waals surface area contributed by atoms with E-state index in [4.69, 9.17) is 0 Å². The number of carbonyl (C=O) groups excluding carboxylic acids is 1. The second-order valence-corrected chi connectivity index (χ2v) is 4.97. The van der Waals surface area contributed by atoms with E-state index in [1.165, 1.54) is 16.9 Å². The van der Waals surface area contributed by atoms with Crippen molar-refractivity contribution in [1.29, 1.82) is 0 Å². The lowest BCUT2D eigenvalue weighted by atomic mass is 10.2. The van der Waals surface area contributed by atoms with E-state index in [9.17, 15) is 4.79 Å². The van der Waals surface area contributed by atoms with Gasteiger partial charge in [-0.25, -0.2) is 4.98 Å². The van der Waals surface area contributed by atoms with E-state index in [0.29, 0.717) is 4.88 Å². The summed E-state index contributed by atoms with van der Waals surface area (Å²) >= 11 is 1.41. The highest BCUT2D eigenvalue weighted by Crippen LogP contribution is 2.28. The number of Topliss-reactive ketones (excluding diaryl/α,β-unsaturated/α-hetero) is 1. The molecule has 0 aliphatic heterocycles. The number of benzene rings is 1. The van der Waals surface area contributed by atoms with Gasteiger partial charge in [-0.2, -0.15) is 0 Å². The van der Waals surface area contributed by atoms with Crippen LogP contribution in [-0.4, -0.2) is 17.8 Å². The van der Waals surface area contributed by atoms with Crippen LogP contribution in [-0.2, 0) is 0 Å². The molecule has 1 aromatic carbocycles. The molecule has 0 atom stereocenters. The Labute approximate surface area is 105 Å². The second-order valence-electron chi connectivity index (χ2n) is 3.96. The van der Waals surface area contributed by atoms with Gasteiger partial charge in [-0.1, -0.05) is 29.0 Å². The second kappa shape index (κ2) is 4.67. The standard InChI is InChI=1S/C13H14N2OS/c1-9-4-6-11(7-5-9)15(3)13-14-8-12(17-13)10(2)16/h4-8H,1-3H3. The van der Waals surface area contributed by atoms with E-state index >= 15 is 0 Å². The lowest BCUT2D eigenvalue weighted by Crippen LogP contribution is -2.08. The first kappa shape index (κ1) is 11.8. The molecule has 0 aliphatic carbocycles. The predicted octanol–water partition coefficient (Wildman–Crippen LogP) is 3.42. The molecule has 0 N–H and O–H groups in total. The first-order valence-electron chi connectivity index (χ1n) is 5.35. The molecule has 0 amide bonds. The van der Waals surface area contributed by atoms with Gasteiger partial charge >= 0.3 is 0 Å². The molecular formula is C13H14N2OS. The molecule has 2 rings (SSSR count). The normalized spacial score (nSPS) is 10.3. The Morgan fingerprint density at radius 1 is 1.29 bits per heavy atom. The largest absolute Gasteiger partial charge is 0.321 e. The van der Waals surface area contributed by atoms with Gasteiger partial charge in [0.25, 0.3) is 0 Å². The smallest absolute Gasteiger partial charge is 0.190 e. The lowest BCUT2D eigenvalue weighted by Gasteiger charge is -2.15. The van der Waals surface area contributed by atoms with Crippen molar-refractivity contribution in [3.05, 3.63) is 40.9 Å². The number of anilines is 2. The summed E-state index contributed by atoms with van der Waals surface area (Å²) in [6.07, 6.45) is 1.63. The van der Waals surface area contributed by atoms with E-state index in [1.54, 1.807) is 13.1 Å². The molecule has 0 radical (unpaired) electrons. The molecule has 3 nitrogen and oxygen atoms in total. The summed E-state index contributed by atoms with van der Waals surface area (Å²) in [5.74, 6) is 0.0612. The van der Waals surface area contributed by atoms with E-state index in [0.717, 1.165) is 10.8 Å². The van der Waals surface area contributed by atoms with Gasteiger partial charge in [-0.05, 0) is 19.1 Å². The predicted molar refractivity (Wildman–Crippen MR) is 71.4 cm³/mol. The van der Waals surface area contributed by atoms with Crippen LogP contribution in [0, 0.1) is 6.92 Å². The fraction of sp³-hybridized carbons (Fsp3) is 0.231. The van der Waals surface area contributed by atoms with E-state index in [-0.39, 0.29) is 5.78 Å². The lowest BCUT2D eigenvalue weighted by molar-refractivity contribution is 0.102. The quantitative estimate of drug-likeness (QED) is 0.778. The molecule has 88 valence electrons. The molecule has 1 heterocycles. The van der Waals surface area contributed by atoms with Gasteiger partial charge in [0.05, 0.1) is 11.1 Å². The molecule has 0 aliphatic rings. The maximum Gasteiger partial charge on any atom is 0.190 e. The molecule has 0 unspecified atom stereocenters. The van der Waals surface area contributed by atoms with Crippen molar-refractivity contribution >= 4 is 27.9 Å². The average Bonchev–Trinajstić information content (AvgIpc) is 2.78. The van der Waals surface area contributed by atoms with Crippen LogP contribution in [0.4, 0.5) is 10.8 Å². The van der Waals surface area contributed by atoms with Gasteiger partial charge in [0.15, 0.2) is 10.9 Å². The van der Waals surface area contributed by atoms with Crippen LogP contribution in [0.15, 0.2) is 30.5 Å². The highest BCUT2D eigenvalue weighted by Gasteiger charge is 2.10. The van der Waals surface area contributed by atoms with Gasteiger partial charge in [-0.15, -0.1) is 0 Å². The number of thiazole rings is 1. The van der Waals surface area contributed by atoms with Crippen molar-refractivity contribution in [3.63, 3.8) is 0 Å². The SMILES string of the molecule is CC(=O)c1cnc(N(C)c2ccc(C)cc2)s1. The van der Waals surface area contributed by atoms with Gasteiger partial charge in [-0.3, -0.25) is 4.79 Å². The molecule has 0 spiro atoms. The molecule has 1 aromatic heterocycles. The monoisotopic (exact) mass is 246 g/mol. The Hall–Kier alpha value is -1.68. The fourth-order valence-corrected chi connectivity index (χ4v) is 2.26. The Balaban J connectivity index is 2.27. The zero-order valence-electron chi connectivity index (χ0n) is 10.1. The average molecular weight is 246 g/mol. The molecule has 0 fully saturated rings. The number of hydrogen-bond acceptors (Lipinski definition) is 4. The molecule has 17 heavy (non-hydrogen) atoms. The van der Waals surface area contributed by atoms with Crippen molar-refractivity contribution in [3.8, 4) is 0 Å². The van der Waals surface area contributed by atoms with Crippen LogP contribution < -0.4 is 4.90 Å². The number of ketones is 1. The van der Waals surface area contributed by atoms with E-state index in [2.05, 4.69) is 24.0 Å². The van der Waals surface area contributed by atoms with Crippen molar-refractivity contribution in [2.75, 3.05) is 11.9 Å². The van der Waals surface area contributed by atoms with Crippen molar-refractivity contribution in [2.24, 2.45) is 0 Å². The fourth-order valence-electron chi connectivity index (χ4n) is 1.46. The minimum absolute atomic E-state index is 0.0612. The number of aryl methyl sites for hydroxylation is 1. The summed E-state index contributed by atoms with van der Waals surface area (Å²) in [6.45, 7) is 3.62. The van der Waals surface area contributed by atoms with Gasteiger partial charge in [0.1, 0.15) is 0 Å². The maximum atomic E-state index is 11.2. The van der Waals surface area contributed by atoms with Crippen LogP contribution in [0.3, 0.4) is 0 Å². The Kier molecular flexibility index (Phi) is 3.24. The summed E-state index contributed by atoms with van der Waals surface area (Å²) < 4.78 is 0. The third-order valence-electron chi connectivity index (χ3n) is 2.55. The molecule has 0 saturated carbocycles. The van der Waals surface area contributed by atoms with Crippen molar-refractivity contribution < 1.29 is 4.79 Å². The third kappa shape index (κ3) is 2.53. The first-order chi connectivity index (χ1) is 8.08. The van der Waals surface area contributed by atoms with Crippen molar-refractivity contribution in [1.82, 2.24) is 4.98 Å². The zero-order chi connectivity index (χ0) is 12.4. The summed E-state index contributed by atoms with van der Waals surface area (Å²) in [4.78, 5) is 18.2. The topological polar surface area (TPSA) is 33.2 Å². The van der Waals surface area contributed by atoms with Crippen LogP contribution in [0.2, 0.25) is 0 Å². The summed E-state index contributed by atoms with van der Waals surface area (Å²) in [7, 11) is 1.95. The summed E-state index contributed by atoms with van der Waals surface area (Å²) in [5, 5.41) is 0.832. The number of nitrogens with zero attached hydrogens (tertiary/aromatic N) is 2. The number of rotatable bonds is 3. The number of hydrogen-bond donors (Lipinski definition) is 0. The molecule has 4 heteroatoms. The molecule has 0 bridgehead atoms. The summed E-state index contributed by atoms with van der Waals surface area (Å²) in [6, 6.07) is 8.21. The minimum atomic E-state index is 0.0612. The zero-order valence-corrected chi connectivity index (χ0v) is 10.9. The highest BCUT2D eigenvalue weighted by atomic mass is 32.1. The Bertz CT molecular complexity index is 531. The molecular weight excluding hydrogens is 232 g/mol. The van der Waals surface area contributed by atoms with Crippen LogP contribution in [0.5, 0.6) is 0 Å². The van der Waals surface area contributed by atoms with Gasteiger partial charge in [0.2, 0.25) is 0 Å². The molecule has 2 aromatic rings. The van der Waals surface area contributed by atoms with Crippen LogP contribution in [0.1, 0.15) is 22.2 Å².